The largest absolute Gasteiger partial charge is 0.386 e. The quantitative estimate of drug-likeness (QED) is 0.598. The fraction of sp³-hybridized carbons (Fsp3) is 0.368. The molecule has 1 aromatic carbocycles. The van der Waals surface area contributed by atoms with Crippen LogP contribution in [0, 0.1) is 6.92 Å². The van der Waals surface area contributed by atoms with Crippen molar-refractivity contribution in [3.63, 3.8) is 0 Å². The molecule has 1 aliphatic rings. The first-order chi connectivity index (χ1) is 13.2. The van der Waals surface area contributed by atoms with Crippen LogP contribution in [0.4, 0.5) is 0 Å². The number of fused-ring (bicyclic) bond motifs is 1. The molecule has 0 unspecified atom stereocenters. The molecular formula is C19H19Cl2N3O4. The van der Waals surface area contributed by atoms with Crippen molar-refractivity contribution in [3.05, 3.63) is 58.1 Å². The summed E-state index contributed by atoms with van der Waals surface area (Å²) in [7, 11) is 0. The van der Waals surface area contributed by atoms with Gasteiger partial charge in [0, 0.05) is 11.6 Å². The number of nitrogens with zero attached hydrogens (tertiary/aromatic N) is 3. The molecule has 0 bridgehead atoms. The van der Waals surface area contributed by atoms with Crippen molar-refractivity contribution < 1.29 is 20.1 Å². The van der Waals surface area contributed by atoms with Gasteiger partial charge in [-0.1, -0.05) is 29.3 Å². The van der Waals surface area contributed by atoms with Gasteiger partial charge in [-0.3, -0.25) is 0 Å². The van der Waals surface area contributed by atoms with Crippen LogP contribution in [0.2, 0.25) is 10.0 Å². The van der Waals surface area contributed by atoms with Gasteiger partial charge in [-0.25, -0.2) is 9.97 Å². The Bertz CT molecular complexity index is 1040. The third-order valence-electron chi connectivity index (χ3n) is 5.29. The van der Waals surface area contributed by atoms with Crippen molar-refractivity contribution in [3.8, 4) is 0 Å². The molecule has 5 atom stereocenters. The molecule has 0 spiro atoms. The summed E-state index contributed by atoms with van der Waals surface area (Å²) in [6, 6.07) is 6.48. The molecule has 2 aromatic heterocycles. The first-order valence-electron chi connectivity index (χ1n) is 8.69. The molecule has 4 rings (SSSR count). The fourth-order valence-corrected chi connectivity index (χ4v) is 3.91. The van der Waals surface area contributed by atoms with E-state index >= 15 is 0 Å². The van der Waals surface area contributed by atoms with Crippen molar-refractivity contribution >= 4 is 34.2 Å². The topological polar surface area (TPSA) is 101 Å². The van der Waals surface area contributed by atoms with Gasteiger partial charge in [0.05, 0.1) is 15.7 Å². The maximum Gasteiger partial charge on any atom is 0.164 e. The highest BCUT2D eigenvalue weighted by molar-refractivity contribution is 6.42. The minimum Gasteiger partial charge on any atom is -0.386 e. The van der Waals surface area contributed by atoms with E-state index in [0.29, 0.717) is 16.2 Å². The number of benzene rings is 1. The van der Waals surface area contributed by atoms with Crippen LogP contribution in [-0.4, -0.2) is 47.7 Å². The van der Waals surface area contributed by atoms with E-state index in [-0.39, 0.29) is 5.02 Å². The van der Waals surface area contributed by atoms with Crippen LogP contribution in [-0.2, 0) is 4.74 Å². The maximum atomic E-state index is 10.9. The summed E-state index contributed by atoms with van der Waals surface area (Å²) in [5, 5.41) is 34.0. The third kappa shape index (κ3) is 2.99. The van der Waals surface area contributed by atoms with Gasteiger partial charge in [0.25, 0.3) is 0 Å². The second-order valence-corrected chi connectivity index (χ2v) is 7.97. The van der Waals surface area contributed by atoms with Gasteiger partial charge in [-0.2, -0.15) is 0 Å². The molecule has 0 amide bonds. The lowest BCUT2D eigenvalue weighted by Crippen LogP contribution is -2.47. The zero-order valence-electron chi connectivity index (χ0n) is 15.1. The summed E-state index contributed by atoms with van der Waals surface area (Å²) in [6.07, 6.45) is -1.45. The fourth-order valence-electron chi connectivity index (χ4n) is 3.60. The predicted octanol–water partition coefficient (Wildman–Crippen LogP) is 2.79. The number of aromatic nitrogens is 3. The lowest BCUT2D eigenvalue weighted by molar-refractivity contribution is -0.115. The highest BCUT2D eigenvalue weighted by Crippen LogP contribution is 2.43. The Hall–Kier alpha value is -1.74. The molecule has 3 aromatic rings. The highest BCUT2D eigenvalue weighted by atomic mass is 35.5. The maximum absolute atomic E-state index is 10.9. The van der Waals surface area contributed by atoms with Crippen molar-refractivity contribution in [2.45, 2.75) is 44.0 Å². The van der Waals surface area contributed by atoms with Gasteiger partial charge in [-0.15, -0.1) is 0 Å². The summed E-state index contributed by atoms with van der Waals surface area (Å²) in [5.74, 6) is 0. The Morgan fingerprint density at radius 3 is 2.68 bits per heavy atom. The summed E-state index contributed by atoms with van der Waals surface area (Å²) in [4.78, 5) is 8.42. The summed E-state index contributed by atoms with van der Waals surface area (Å²) >= 11 is 12.0. The number of hydrogen-bond acceptors (Lipinski definition) is 6. The first-order valence-corrected chi connectivity index (χ1v) is 9.44. The van der Waals surface area contributed by atoms with E-state index in [9.17, 15) is 15.3 Å². The molecule has 0 radical (unpaired) electrons. The van der Waals surface area contributed by atoms with Crippen LogP contribution < -0.4 is 0 Å². The van der Waals surface area contributed by atoms with Crippen molar-refractivity contribution in [1.29, 1.82) is 0 Å². The second-order valence-electron chi connectivity index (χ2n) is 7.16. The Labute approximate surface area is 171 Å². The second kappa shape index (κ2) is 6.95. The third-order valence-corrected chi connectivity index (χ3v) is 6.02. The lowest BCUT2D eigenvalue weighted by Gasteiger charge is -2.29. The van der Waals surface area contributed by atoms with Crippen molar-refractivity contribution in [2.24, 2.45) is 0 Å². The van der Waals surface area contributed by atoms with E-state index in [2.05, 4.69) is 9.97 Å². The van der Waals surface area contributed by atoms with E-state index in [1.807, 2.05) is 13.0 Å². The molecule has 28 heavy (non-hydrogen) atoms. The molecule has 1 fully saturated rings. The summed E-state index contributed by atoms with van der Waals surface area (Å²) in [6.45, 7) is 3.28. The highest BCUT2D eigenvalue weighted by Gasteiger charge is 2.55. The van der Waals surface area contributed by atoms with E-state index in [0.717, 1.165) is 11.1 Å². The molecule has 1 aliphatic heterocycles. The molecule has 0 saturated carbocycles. The lowest BCUT2D eigenvalue weighted by atomic mass is 9.88. The standard InChI is InChI=1S/C19H19Cl2N3O4/c1-9-11-5-6-24(17(11)23-8-22-9)18-15(26)19(2,27)16(28-18)14(25)10-3-4-12(20)13(21)7-10/h3-8,14-16,18,25-27H,1-2H3/t14-,15-,16+,18+,19-/m0/s1. The zero-order valence-corrected chi connectivity index (χ0v) is 16.6. The van der Waals surface area contributed by atoms with Crippen LogP contribution in [0.25, 0.3) is 11.0 Å². The Morgan fingerprint density at radius 2 is 1.96 bits per heavy atom. The normalized spacial score (nSPS) is 28.8. The predicted molar refractivity (Wildman–Crippen MR) is 104 cm³/mol. The van der Waals surface area contributed by atoms with Crippen LogP contribution in [0.15, 0.2) is 36.8 Å². The van der Waals surface area contributed by atoms with Gasteiger partial charge in [0.15, 0.2) is 6.23 Å². The molecule has 7 nitrogen and oxygen atoms in total. The van der Waals surface area contributed by atoms with Gasteiger partial charge in [0.1, 0.15) is 35.9 Å². The summed E-state index contributed by atoms with van der Waals surface area (Å²) in [5.41, 5.74) is 0.0463. The van der Waals surface area contributed by atoms with E-state index < -0.39 is 30.1 Å². The zero-order chi connectivity index (χ0) is 20.2. The minimum atomic E-state index is -1.73. The number of aliphatic hydroxyl groups is 3. The Balaban J connectivity index is 1.71. The Morgan fingerprint density at radius 1 is 1.21 bits per heavy atom. The molecular weight excluding hydrogens is 405 g/mol. The molecule has 3 N–H and O–H groups in total. The average molecular weight is 424 g/mol. The summed E-state index contributed by atoms with van der Waals surface area (Å²) < 4.78 is 7.57. The van der Waals surface area contributed by atoms with E-state index in [1.54, 1.807) is 22.9 Å². The first kappa shape index (κ1) is 19.6. The van der Waals surface area contributed by atoms with Gasteiger partial charge in [-0.05, 0) is 37.6 Å². The monoisotopic (exact) mass is 423 g/mol. The van der Waals surface area contributed by atoms with Crippen LogP contribution in [0.1, 0.15) is 30.5 Å². The average Bonchev–Trinajstić information content (AvgIpc) is 3.17. The van der Waals surface area contributed by atoms with E-state index in [4.69, 9.17) is 27.9 Å². The number of hydrogen-bond donors (Lipinski definition) is 3. The van der Waals surface area contributed by atoms with Crippen molar-refractivity contribution in [2.75, 3.05) is 0 Å². The van der Waals surface area contributed by atoms with E-state index in [1.165, 1.54) is 19.3 Å². The molecule has 9 heteroatoms. The van der Waals surface area contributed by atoms with Crippen LogP contribution in [0.5, 0.6) is 0 Å². The number of aryl methyl sites for hydroxylation is 1. The van der Waals surface area contributed by atoms with Crippen LogP contribution in [0.3, 0.4) is 0 Å². The van der Waals surface area contributed by atoms with Crippen molar-refractivity contribution in [1.82, 2.24) is 14.5 Å². The number of ether oxygens (including phenoxy) is 1. The number of rotatable bonds is 3. The van der Waals surface area contributed by atoms with Gasteiger partial charge >= 0.3 is 0 Å². The SMILES string of the molecule is Cc1ncnc2c1ccn2[C@@H]1O[C@H]([C@@H](O)c2ccc(Cl)c(Cl)c2)[C@@](C)(O)[C@H]1O. The van der Waals surface area contributed by atoms with Gasteiger partial charge < -0.3 is 24.6 Å². The smallest absolute Gasteiger partial charge is 0.164 e. The number of halogens is 2. The minimum absolute atomic E-state index is 0.275. The van der Waals surface area contributed by atoms with Gasteiger partial charge in [0.2, 0.25) is 0 Å². The Kier molecular flexibility index (Phi) is 4.86. The van der Waals surface area contributed by atoms with Crippen LogP contribution >= 0.6 is 23.2 Å². The molecule has 148 valence electrons. The molecule has 1 saturated heterocycles. The molecule has 3 heterocycles. The number of aliphatic hydroxyl groups excluding tert-OH is 2. The molecule has 0 aliphatic carbocycles.